The van der Waals surface area contributed by atoms with E-state index in [4.69, 9.17) is 0 Å². The van der Waals surface area contributed by atoms with E-state index in [-0.39, 0.29) is 0 Å². The molecule has 0 bridgehead atoms. The van der Waals surface area contributed by atoms with Gasteiger partial charge in [0.1, 0.15) is 5.54 Å². The molecule has 0 aromatic carbocycles. The quantitative estimate of drug-likeness (QED) is 0.776. The molecule has 2 aliphatic rings. The highest BCUT2D eigenvalue weighted by Crippen LogP contribution is 2.43. The van der Waals surface area contributed by atoms with Crippen molar-refractivity contribution in [2.24, 2.45) is 5.92 Å². The Hall–Kier alpha value is -0.610. The molecule has 0 radical (unpaired) electrons. The Balaban J connectivity index is 2.10. The lowest BCUT2D eigenvalue weighted by Crippen LogP contribution is -2.55. The van der Waals surface area contributed by atoms with E-state index in [0.717, 1.165) is 45.4 Å². The van der Waals surface area contributed by atoms with Gasteiger partial charge in [-0.2, -0.15) is 0 Å². The summed E-state index contributed by atoms with van der Waals surface area (Å²) in [5.74, 6) is -0.270. The molecule has 1 aliphatic carbocycles. The van der Waals surface area contributed by atoms with Gasteiger partial charge in [0.2, 0.25) is 0 Å². The molecule has 2 fully saturated rings. The van der Waals surface area contributed by atoms with Gasteiger partial charge in [-0.15, -0.1) is 0 Å². The Bertz CT molecular complexity index is 278. The normalized spacial score (nSPS) is 28.4. The SMILES string of the molecule is CN1CCCN(C(C)(C(=O)O)C2CC2)CC1. The average molecular weight is 226 g/mol. The molecule has 16 heavy (non-hydrogen) atoms. The van der Waals surface area contributed by atoms with E-state index in [2.05, 4.69) is 16.8 Å². The Morgan fingerprint density at radius 2 is 1.94 bits per heavy atom. The van der Waals surface area contributed by atoms with Gasteiger partial charge in [-0.25, -0.2) is 0 Å². The largest absolute Gasteiger partial charge is 0.480 e. The van der Waals surface area contributed by atoms with E-state index >= 15 is 0 Å². The molecular weight excluding hydrogens is 204 g/mol. The Morgan fingerprint density at radius 3 is 2.50 bits per heavy atom. The lowest BCUT2D eigenvalue weighted by Gasteiger charge is -2.37. The molecular formula is C12H22N2O2. The van der Waals surface area contributed by atoms with E-state index in [1.54, 1.807) is 0 Å². The van der Waals surface area contributed by atoms with Crippen molar-refractivity contribution < 1.29 is 9.90 Å². The van der Waals surface area contributed by atoms with Crippen molar-refractivity contribution in [1.29, 1.82) is 0 Å². The van der Waals surface area contributed by atoms with Crippen LogP contribution in [0, 0.1) is 5.92 Å². The molecule has 1 aliphatic heterocycles. The van der Waals surface area contributed by atoms with Crippen LogP contribution in [-0.4, -0.2) is 59.6 Å². The second-order valence-corrected chi connectivity index (χ2v) is 5.37. The molecule has 0 aromatic rings. The van der Waals surface area contributed by atoms with Crippen LogP contribution in [0.1, 0.15) is 26.2 Å². The van der Waals surface area contributed by atoms with Crippen LogP contribution in [-0.2, 0) is 4.79 Å². The van der Waals surface area contributed by atoms with Crippen LogP contribution < -0.4 is 0 Å². The van der Waals surface area contributed by atoms with E-state index in [9.17, 15) is 9.90 Å². The van der Waals surface area contributed by atoms with Crippen LogP contribution in [0.4, 0.5) is 0 Å². The summed E-state index contributed by atoms with van der Waals surface area (Å²) >= 11 is 0. The van der Waals surface area contributed by atoms with E-state index in [0.29, 0.717) is 5.92 Å². The maximum atomic E-state index is 11.5. The third-order valence-electron chi connectivity index (χ3n) is 4.18. The number of rotatable bonds is 3. The number of carboxylic acids is 1. The predicted octanol–water partition coefficient (Wildman–Crippen LogP) is 0.877. The first-order valence-electron chi connectivity index (χ1n) is 6.22. The zero-order valence-electron chi connectivity index (χ0n) is 10.3. The summed E-state index contributed by atoms with van der Waals surface area (Å²) in [6.45, 7) is 5.78. The fourth-order valence-electron chi connectivity index (χ4n) is 2.72. The van der Waals surface area contributed by atoms with Gasteiger partial charge < -0.3 is 10.0 Å². The van der Waals surface area contributed by atoms with Crippen molar-refractivity contribution in [3.05, 3.63) is 0 Å². The van der Waals surface area contributed by atoms with Gasteiger partial charge in [-0.05, 0) is 45.7 Å². The maximum Gasteiger partial charge on any atom is 0.324 e. The fourth-order valence-corrected chi connectivity index (χ4v) is 2.72. The van der Waals surface area contributed by atoms with Gasteiger partial charge in [0.25, 0.3) is 0 Å². The van der Waals surface area contributed by atoms with Crippen LogP contribution in [0.25, 0.3) is 0 Å². The monoisotopic (exact) mass is 226 g/mol. The molecule has 4 heteroatoms. The molecule has 1 N–H and O–H groups in total. The van der Waals surface area contributed by atoms with Crippen molar-refractivity contribution in [1.82, 2.24) is 9.80 Å². The third kappa shape index (κ3) is 2.09. The summed E-state index contributed by atoms with van der Waals surface area (Å²) in [5, 5.41) is 9.50. The number of likely N-dealkylation sites (N-methyl/N-ethyl adjacent to an activating group) is 1. The van der Waals surface area contributed by atoms with E-state index in [1.165, 1.54) is 0 Å². The molecule has 4 nitrogen and oxygen atoms in total. The molecule has 1 atom stereocenters. The fraction of sp³-hybridized carbons (Fsp3) is 0.917. The summed E-state index contributed by atoms with van der Waals surface area (Å²) in [7, 11) is 2.11. The molecule has 1 saturated heterocycles. The lowest BCUT2D eigenvalue weighted by molar-refractivity contribution is -0.152. The second-order valence-electron chi connectivity index (χ2n) is 5.37. The van der Waals surface area contributed by atoms with Gasteiger partial charge in [0.05, 0.1) is 0 Å². The van der Waals surface area contributed by atoms with Crippen LogP contribution in [0.15, 0.2) is 0 Å². The van der Waals surface area contributed by atoms with Crippen molar-refractivity contribution in [3.8, 4) is 0 Å². The summed E-state index contributed by atoms with van der Waals surface area (Å²) in [6, 6.07) is 0. The van der Waals surface area contributed by atoms with Crippen molar-refractivity contribution in [3.63, 3.8) is 0 Å². The third-order valence-corrected chi connectivity index (χ3v) is 4.18. The smallest absolute Gasteiger partial charge is 0.324 e. The van der Waals surface area contributed by atoms with Gasteiger partial charge in [-0.1, -0.05) is 0 Å². The second kappa shape index (κ2) is 4.34. The Labute approximate surface area is 97.2 Å². The van der Waals surface area contributed by atoms with E-state index in [1.807, 2.05) is 6.92 Å². The van der Waals surface area contributed by atoms with Crippen molar-refractivity contribution >= 4 is 5.97 Å². The summed E-state index contributed by atoms with van der Waals surface area (Å²) < 4.78 is 0. The minimum Gasteiger partial charge on any atom is -0.480 e. The van der Waals surface area contributed by atoms with Gasteiger partial charge >= 0.3 is 5.97 Å². The van der Waals surface area contributed by atoms with Crippen LogP contribution >= 0.6 is 0 Å². The van der Waals surface area contributed by atoms with Gasteiger partial charge in [0.15, 0.2) is 0 Å². The first-order valence-corrected chi connectivity index (χ1v) is 6.22. The number of carboxylic acid groups (broad SMARTS) is 1. The zero-order valence-corrected chi connectivity index (χ0v) is 10.3. The number of carbonyl (C=O) groups is 1. The molecule has 0 amide bonds. The van der Waals surface area contributed by atoms with Crippen LogP contribution in [0.5, 0.6) is 0 Å². The number of hydrogen-bond donors (Lipinski definition) is 1. The average Bonchev–Trinajstić information content (AvgIpc) is 3.02. The summed E-state index contributed by atoms with van der Waals surface area (Å²) in [4.78, 5) is 16.0. The van der Waals surface area contributed by atoms with Crippen LogP contribution in [0.3, 0.4) is 0 Å². The molecule has 2 rings (SSSR count). The standard InChI is InChI=1S/C12H22N2O2/c1-12(11(15)16,10-4-5-10)14-7-3-6-13(2)8-9-14/h10H,3-9H2,1-2H3,(H,15,16). The lowest BCUT2D eigenvalue weighted by atomic mass is 9.93. The number of hydrogen-bond acceptors (Lipinski definition) is 3. The molecule has 0 spiro atoms. The number of nitrogens with zero attached hydrogens (tertiary/aromatic N) is 2. The minimum absolute atomic E-state index is 0.369. The highest BCUT2D eigenvalue weighted by molar-refractivity contribution is 5.79. The zero-order chi connectivity index (χ0) is 11.8. The van der Waals surface area contributed by atoms with Crippen LogP contribution in [0.2, 0.25) is 0 Å². The summed E-state index contributed by atoms with van der Waals surface area (Å²) in [5.41, 5.74) is -0.620. The Morgan fingerprint density at radius 1 is 1.25 bits per heavy atom. The molecule has 1 saturated carbocycles. The first kappa shape index (κ1) is 11.9. The van der Waals surface area contributed by atoms with Gasteiger partial charge in [-0.3, -0.25) is 9.69 Å². The molecule has 0 aromatic heterocycles. The summed E-state index contributed by atoms with van der Waals surface area (Å²) in [6.07, 6.45) is 3.23. The topological polar surface area (TPSA) is 43.8 Å². The van der Waals surface area contributed by atoms with Gasteiger partial charge in [0, 0.05) is 19.6 Å². The number of aliphatic carboxylic acids is 1. The highest BCUT2D eigenvalue weighted by Gasteiger charge is 2.51. The van der Waals surface area contributed by atoms with E-state index < -0.39 is 11.5 Å². The highest BCUT2D eigenvalue weighted by atomic mass is 16.4. The predicted molar refractivity (Wildman–Crippen MR) is 62.5 cm³/mol. The minimum atomic E-state index is -0.639. The molecule has 92 valence electrons. The molecule has 1 heterocycles. The first-order chi connectivity index (χ1) is 7.55. The maximum absolute atomic E-state index is 11.5. The van der Waals surface area contributed by atoms with Crippen molar-refractivity contribution in [2.45, 2.75) is 31.7 Å². The molecule has 1 unspecified atom stereocenters. The Kier molecular flexibility index (Phi) is 3.22. The van der Waals surface area contributed by atoms with Crippen molar-refractivity contribution in [2.75, 3.05) is 33.2 Å².